The van der Waals surface area contributed by atoms with E-state index in [9.17, 15) is 14.4 Å². The van der Waals surface area contributed by atoms with Gasteiger partial charge in [-0.05, 0) is 23.8 Å². The second-order valence-corrected chi connectivity index (χ2v) is 6.39. The number of H-pyrrole nitrogens is 2. The first kappa shape index (κ1) is 17.5. The molecule has 0 saturated heterocycles. The van der Waals surface area contributed by atoms with Crippen molar-refractivity contribution in [2.45, 2.75) is 0 Å². The number of carbonyl (C=O) groups is 2. The molecule has 0 fully saturated rings. The smallest absolute Gasteiger partial charge is 0.271 e. The summed E-state index contributed by atoms with van der Waals surface area (Å²) in [4.78, 5) is 39.5. The van der Waals surface area contributed by atoms with Gasteiger partial charge in [-0.1, -0.05) is 54.6 Å². The maximum atomic E-state index is 13.0. The Labute approximate surface area is 160 Å². The number of fused-ring (bicyclic) bond motifs is 1. The lowest BCUT2D eigenvalue weighted by atomic mass is 9.95. The van der Waals surface area contributed by atoms with Crippen LogP contribution in [0.4, 0.5) is 5.69 Å². The van der Waals surface area contributed by atoms with E-state index < -0.39 is 17.2 Å². The molecule has 4 rings (SSSR count). The molecule has 1 aromatic heterocycles. The molecule has 3 aromatic rings. The number of hydrogen-bond donors (Lipinski definition) is 2. The van der Waals surface area contributed by atoms with E-state index in [1.807, 2.05) is 36.4 Å². The number of aromatic amines is 2. The predicted octanol–water partition coefficient (Wildman–Crippen LogP) is 1.21. The van der Waals surface area contributed by atoms with Gasteiger partial charge in [0.2, 0.25) is 5.78 Å². The fraction of sp³-hybridized carbons (Fsp3) is 0.0455. The maximum Gasteiger partial charge on any atom is 0.271 e. The summed E-state index contributed by atoms with van der Waals surface area (Å²) in [6.45, 7) is 0. The Hall–Kier alpha value is -3.93. The second-order valence-electron chi connectivity index (χ2n) is 6.39. The normalized spacial score (nSPS) is 16.8. The molecular weight excluding hydrogens is 354 g/mol. The highest BCUT2D eigenvalue weighted by molar-refractivity contribution is 6.51. The minimum atomic E-state index is -0.458. The molecule has 0 bridgehead atoms. The maximum absolute atomic E-state index is 13.0. The number of nitrogens with zero attached hydrogens (tertiary/aromatic N) is 1. The first-order valence-electron chi connectivity index (χ1n) is 8.74. The topological polar surface area (TPSA) is 86.0 Å². The number of carbonyl (C=O) groups excluding carboxylic acids is 2. The number of Topliss-reactive ketones (excluding diaryl/α,β-unsaturated/α-hetero) is 1. The van der Waals surface area contributed by atoms with Crippen molar-refractivity contribution in [2.24, 2.45) is 0 Å². The molecule has 0 radical (unpaired) electrons. The third kappa shape index (κ3) is 2.91. The molecule has 2 N–H and O–H groups in total. The Morgan fingerprint density at radius 1 is 0.893 bits per heavy atom. The monoisotopic (exact) mass is 371 g/mol. The molecule has 2 heterocycles. The number of allylic oxidation sites excluding steroid dienone is 1. The highest BCUT2D eigenvalue weighted by Gasteiger charge is 2.33. The third-order valence-corrected chi connectivity index (χ3v) is 4.67. The van der Waals surface area contributed by atoms with Gasteiger partial charge in [0.05, 0.1) is 16.3 Å². The summed E-state index contributed by atoms with van der Waals surface area (Å²) >= 11 is 0. The number of hydrogen-bond acceptors (Lipinski definition) is 3. The van der Waals surface area contributed by atoms with Gasteiger partial charge in [-0.2, -0.15) is 0 Å². The molecule has 1 amide bonds. The van der Waals surface area contributed by atoms with Gasteiger partial charge in [0.1, 0.15) is 5.57 Å². The SMILES string of the molecule is CN1C(=O)C(=c2[nH][nH]c(=O)c2=CC=Cc2ccccc2)C(=O)c2ccccc21. The molecule has 138 valence electrons. The van der Waals surface area contributed by atoms with Gasteiger partial charge in [0, 0.05) is 12.6 Å². The predicted molar refractivity (Wildman–Crippen MR) is 108 cm³/mol. The van der Waals surface area contributed by atoms with E-state index in [2.05, 4.69) is 10.2 Å². The van der Waals surface area contributed by atoms with Gasteiger partial charge in [-0.25, -0.2) is 0 Å². The van der Waals surface area contributed by atoms with E-state index in [4.69, 9.17) is 0 Å². The minimum absolute atomic E-state index is 0.0566. The average Bonchev–Trinajstić information content (AvgIpc) is 3.08. The number of rotatable bonds is 2. The van der Waals surface area contributed by atoms with Crippen LogP contribution in [0.25, 0.3) is 17.7 Å². The molecule has 6 heteroatoms. The van der Waals surface area contributed by atoms with Crippen LogP contribution in [0.3, 0.4) is 0 Å². The van der Waals surface area contributed by atoms with Crippen LogP contribution >= 0.6 is 0 Å². The summed E-state index contributed by atoms with van der Waals surface area (Å²) in [5, 5.41) is 5.60. The van der Waals surface area contributed by atoms with Crippen LogP contribution in [-0.4, -0.2) is 28.9 Å². The van der Waals surface area contributed by atoms with Crippen molar-refractivity contribution < 1.29 is 9.59 Å². The summed E-state index contributed by atoms with van der Waals surface area (Å²) in [5.41, 5.74) is 1.49. The van der Waals surface area contributed by atoms with Gasteiger partial charge >= 0.3 is 0 Å². The van der Waals surface area contributed by atoms with Crippen LogP contribution < -0.4 is 21.0 Å². The molecule has 6 nitrogen and oxygen atoms in total. The van der Waals surface area contributed by atoms with E-state index in [0.717, 1.165) is 5.56 Å². The van der Waals surface area contributed by atoms with Gasteiger partial charge < -0.3 is 4.90 Å². The fourth-order valence-electron chi connectivity index (χ4n) is 3.23. The molecule has 28 heavy (non-hydrogen) atoms. The Morgan fingerprint density at radius 2 is 1.61 bits per heavy atom. The quantitative estimate of drug-likeness (QED) is 0.710. The molecule has 0 spiro atoms. The van der Waals surface area contributed by atoms with Crippen molar-refractivity contribution in [3.8, 4) is 0 Å². The molecule has 0 saturated carbocycles. The standard InChI is InChI=1S/C22H17N3O3/c1-25-17-13-6-5-11-15(17)20(26)18(22(25)28)19-16(21(27)24-23-19)12-7-10-14-8-3-2-4-9-14/h2-13,23H,1H3,(H,24,27). The first-order chi connectivity index (χ1) is 13.6. The number of ketones is 1. The highest BCUT2D eigenvalue weighted by atomic mass is 16.2. The van der Waals surface area contributed by atoms with Crippen molar-refractivity contribution in [2.75, 3.05) is 11.9 Å². The molecule has 0 atom stereocenters. The minimum Gasteiger partial charge on any atom is -0.310 e. The molecule has 1 aliphatic heterocycles. The van der Waals surface area contributed by atoms with E-state index in [1.165, 1.54) is 4.90 Å². The van der Waals surface area contributed by atoms with E-state index in [1.54, 1.807) is 43.5 Å². The molecule has 0 aliphatic carbocycles. The highest BCUT2D eigenvalue weighted by Crippen LogP contribution is 2.28. The van der Waals surface area contributed by atoms with E-state index in [0.29, 0.717) is 11.3 Å². The fourth-order valence-corrected chi connectivity index (χ4v) is 3.23. The van der Waals surface area contributed by atoms with Crippen LogP contribution in [0.1, 0.15) is 15.9 Å². The van der Waals surface area contributed by atoms with Crippen molar-refractivity contribution >= 4 is 35.1 Å². The van der Waals surface area contributed by atoms with Gasteiger partial charge in [-0.15, -0.1) is 0 Å². The Bertz CT molecular complexity index is 1280. The summed E-state index contributed by atoms with van der Waals surface area (Å²) in [7, 11) is 1.61. The molecular formula is C22H17N3O3. The zero-order valence-corrected chi connectivity index (χ0v) is 15.1. The zero-order valence-electron chi connectivity index (χ0n) is 15.1. The van der Waals surface area contributed by atoms with Crippen LogP contribution in [0.15, 0.2) is 65.5 Å². The van der Waals surface area contributed by atoms with Crippen molar-refractivity contribution in [1.29, 1.82) is 0 Å². The van der Waals surface area contributed by atoms with E-state index >= 15 is 0 Å². The number of anilines is 1. The van der Waals surface area contributed by atoms with Crippen molar-refractivity contribution in [1.82, 2.24) is 10.2 Å². The first-order valence-corrected chi connectivity index (χ1v) is 8.74. The molecule has 1 aliphatic rings. The summed E-state index contributed by atoms with van der Waals surface area (Å²) in [6.07, 6.45) is 5.14. The zero-order chi connectivity index (χ0) is 19.7. The van der Waals surface area contributed by atoms with Crippen molar-refractivity contribution in [3.05, 3.63) is 92.7 Å². The number of benzene rings is 2. The van der Waals surface area contributed by atoms with Gasteiger partial charge in [0.25, 0.3) is 11.5 Å². The summed E-state index contributed by atoms with van der Waals surface area (Å²) < 4.78 is 0. The largest absolute Gasteiger partial charge is 0.310 e. The van der Waals surface area contributed by atoms with Crippen LogP contribution in [0, 0.1) is 0 Å². The number of nitrogens with one attached hydrogen (secondary N) is 2. The molecule has 2 aromatic carbocycles. The number of amides is 1. The number of para-hydroxylation sites is 1. The number of aromatic nitrogens is 2. The average molecular weight is 371 g/mol. The Kier molecular flexibility index (Phi) is 4.37. The van der Waals surface area contributed by atoms with Crippen molar-refractivity contribution in [3.63, 3.8) is 0 Å². The van der Waals surface area contributed by atoms with E-state index in [-0.39, 0.29) is 16.1 Å². The summed E-state index contributed by atoms with van der Waals surface area (Å²) in [6, 6.07) is 16.5. The van der Waals surface area contributed by atoms with Crippen LogP contribution in [-0.2, 0) is 4.79 Å². The van der Waals surface area contributed by atoms with Gasteiger partial charge in [-0.3, -0.25) is 24.6 Å². The third-order valence-electron chi connectivity index (χ3n) is 4.67. The summed E-state index contributed by atoms with van der Waals surface area (Å²) in [5.74, 6) is -0.865. The lowest BCUT2D eigenvalue weighted by Crippen LogP contribution is -2.44. The Morgan fingerprint density at radius 3 is 2.39 bits per heavy atom. The molecule has 0 unspecified atom stereocenters. The lowest BCUT2D eigenvalue weighted by Gasteiger charge is -2.25. The second kappa shape index (κ2) is 7.00. The van der Waals surface area contributed by atoms with Crippen LogP contribution in [0.2, 0.25) is 0 Å². The lowest BCUT2D eigenvalue weighted by molar-refractivity contribution is -0.113. The Balaban J connectivity index is 1.91. The van der Waals surface area contributed by atoms with Crippen LogP contribution in [0.5, 0.6) is 0 Å². The van der Waals surface area contributed by atoms with Gasteiger partial charge in [0.15, 0.2) is 0 Å².